The van der Waals surface area contributed by atoms with E-state index in [1.807, 2.05) is 0 Å². The number of para-hydroxylation sites is 1. The van der Waals surface area contributed by atoms with Crippen LogP contribution in [0.25, 0.3) is 0 Å². The van der Waals surface area contributed by atoms with Crippen molar-refractivity contribution in [3.05, 3.63) is 65.2 Å². The van der Waals surface area contributed by atoms with Crippen molar-refractivity contribution in [3.8, 4) is 5.75 Å². The molecule has 0 bridgehead atoms. The van der Waals surface area contributed by atoms with Gasteiger partial charge < -0.3 is 34.4 Å². The molecule has 32 heavy (non-hydrogen) atoms. The van der Waals surface area contributed by atoms with Crippen molar-refractivity contribution in [1.29, 1.82) is 0 Å². The van der Waals surface area contributed by atoms with Crippen LogP contribution in [0.15, 0.2) is 48.5 Å². The Hall–Kier alpha value is -3.21. The molecule has 0 radical (unpaired) electrons. The third kappa shape index (κ3) is 6.16. The maximum atomic E-state index is 12.0. The number of esters is 1. The standard InChI is InChI=1S/C22H24BNO8/c1-14(25)10-11-19(26)24-18-12-16-8-5-9-17(20(16)32-23(18)29)22(28)31-13-30-21(27)15-6-3-2-4-7-15/h2-9,18,22,28-29H,10-13H2,1H3,(H,24,26)/t18-,22?/m0/s1. The molecule has 1 aliphatic heterocycles. The van der Waals surface area contributed by atoms with Gasteiger partial charge in [-0.3, -0.25) is 4.79 Å². The van der Waals surface area contributed by atoms with Gasteiger partial charge in [0.05, 0.1) is 11.5 Å². The highest BCUT2D eigenvalue weighted by molar-refractivity contribution is 6.46. The van der Waals surface area contributed by atoms with E-state index in [9.17, 15) is 24.5 Å². The van der Waals surface area contributed by atoms with Crippen molar-refractivity contribution < 1.29 is 38.6 Å². The molecule has 0 aromatic heterocycles. The van der Waals surface area contributed by atoms with Gasteiger partial charge in [-0.1, -0.05) is 36.4 Å². The average Bonchev–Trinajstić information content (AvgIpc) is 2.78. The van der Waals surface area contributed by atoms with Gasteiger partial charge in [-0.05, 0) is 31.0 Å². The third-order valence-corrected chi connectivity index (χ3v) is 4.89. The van der Waals surface area contributed by atoms with Gasteiger partial charge in [0.2, 0.25) is 5.91 Å². The predicted octanol–water partition coefficient (Wildman–Crippen LogP) is 1.32. The summed E-state index contributed by atoms with van der Waals surface area (Å²) in [5.74, 6) is -1.53. The molecule has 0 saturated carbocycles. The molecular weight excluding hydrogens is 417 g/mol. The van der Waals surface area contributed by atoms with Crippen LogP contribution in [0.4, 0.5) is 0 Å². The van der Waals surface area contributed by atoms with Crippen LogP contribution in [0.5, 0.6) is 5.75 Å². The summed E-state index contributed by atoms with van der Waals surface area (Å²) in [6.45, 7) is 0.912. The molecule has 1 heterocycles. The number of nitrogens with one attached hydrogen (secondary N) is 1. The van der Waals surface area contributed by atoms with Crippen LogP contribution >= 0.6 is 0 Å². The fraction of sp³-hybridized carbons (Fsp3) is 0.318. The third-order valence-electron chi connectivity index (χ3n) is 4.89. The first-order valence-electron chi connectivity index (χ1n) is 10.1. The molecule has 10 heteroatoms. The number of fused-ring (bicyclic) bond motifs is 1. The number of hydrogen-bond donors (Lipinski definition) is 3. The van der Waals surface area contributed by atoms with Crippen LogP contribution < -0.4 is 9.97 Å². The Bertz CT molecular complexity index is 968. The molecule has 1 amide bonds. The molecule has 0 aliphatic carbocycles. The second-order valence-corrected chi connectivity index (χ2v) is 7.36. The summed E-state index contributed by atoms with van der Waals surface area (Å²) in [4.78, 5) is 35.0. The Morgan fingerprint density at radius 2 is 1.91 bits per heavy atom. The topological polar surface area (TPSA) is 131 Å². The number of ketones is 1. The van der Waals surface area contributed by atoms with Crippen LogP contribution in [-0.4, -0.2) is 47.6 Å². The minimum absolute atomic E-state index is 0.0275. The molecule has 1 aliphatic rings. The lowest BCUT2D eigenvalue weighted by molar-refractivity contribution is -0.157. The van der Waals surface area contributed by atoms with Crippen LogP contribution in [0.2, 0.25) is 0 Å². The van der Waals surface area contributed by atoms with Crippen LogP contribution in [-0.2, 0) is 25.5 Å². The Morgan fingerprint density at radius 1 is 1.16 bits per heavy atom. The lowest BCUT2D eigenvalue weighted by atomic mass is 9.72. The zero-order valence-corrected chi connectivity index (χ0v) is 17.5. The van der Waals surface area contributed by atoms with Crippen molar-refractivity contribution in [3.63, 3.8) is 0 Å². The van der Waals surface area contributed by atoms with Crippen molar-refractivity contribution in [2.45, 2.75) is 38.4 Å². The smallest absolute Gasteiger partial charge is 0.534 e. The zero-order valence-electron chi connectivity index (χ0n) is 17.5. The van der Waals surface area contributed by atoms with E-state index in [0.717, 1.165) is 0 Å². The Balaban J connectivity index is 1.59. The maximum Gasteiger partial charge on any atom is 0.547 e. The molecule has 3 rings (SSSR count). The van der Waals surface area contributed by atoms with Crippen LogP contribution in [0.3, 0.4) is 0 Å². The van der Waals surface area contributed by atoms with E-state index in [-0.39, 0.29) is 42.3 Å². The van der Waals surface area contributed by atoms with E-state index >= 15 is 0 Å². The number of aliphatic hydroxyl groups is 1. The number of carbonyl (C=O) groups is 3. The van der Waals surface area contributed by atoms with E-state index < -0.39 is 32.1 Å². The van der Waals surface area contributed by atoms with Gasteiger partial charge in [-0.15, -0.1) is 0 Å². The minimum Gasteiger partial charge on any atom is -0.534 e. The number of rotatable bonds is 9. The molecule has 1 unspecified atom stereocenters. The summed E-state index contributed by atoms with van der Waals surface area (Å²) in [7, 11) is -1.35. The van der Waals surface area contributed by atoms with E-state index in [1.165, 1.54) is 6.92 Å². The molecular formula is C22H24BNO8. The Labute approximate surface area is 185 Å². The van der Waals surface area contributed by atoms with E-state index in [2.05, 4.69) is 5.32 Å². The predicted molar refractivity (Wildman–Crippen MR) is 113 cm³/mol. The fourth-order valence-corrected chi connectivity index (χ4v) is 3.23. The Kier molecular flexibility index (Phi) is 7.99. The van der Waals surface area contributed by atoms with Crippen molar-refractivity contribution in [2.24, 2.45) is 0 Å². The number of aliphatic hydroxyl groups excluding tert-OH is 1. The van der Waals surface area contributed by atoms with Gasteiger partial charge in [-0.25, -0.2) is 4.79 Å². The average molecular weight is 441 g/mol. The summed E-state index contributed by atoms with van der Waals surface area (Å²) >= 11 is 0. The maximum absolute atomic E-state index is 12.0. The lowest BCUT2D eigenvalue weighted by Crippen LogP contribution is -2.53. The quantitative estimate of drug-likeness (QED) is 0.302. The van der Waals surface area contributed by atoms with Gasteiger partial charge in [0.15, 0.2) is 13.1 Å². The van der Waals surface area contributed by atoms with Gasteiger partial charge in [0.1, 0.15) is 11.5 Å². The molecule has 2 aromatic rings. The largest absolute Gasteiger partial charge is 0.547 e. The number of hydrogen-bond acceptors (Lipinski definition) is 8. The summed E-state index contributed by atoms with van der Waals surface area (Å²) in [5.41, 5.74) is 1.25. The highest BCUT2D eigenvalue weighted by Crippen LogP contribution is 2.34. The number of ether oxygens (including phenoxy) is 2. The fourth-order valence-electron chi connectivity index (χ4n) is 3.23. The van der Waals surface area contributed by atoms with E-state index in [4.69, 9.17) is 14.1 Å². The highest BCUT2D eigenvalue weighted by Gasteiger charge is 2.37. The monoisotopic (exact) mass is 441 g/mol. The lowest BCUT2D eigenvalue weighted by Gasteiger charge is -2.30. The number of carbonyl (C=O) groups excluding carboxylic acids is 3. The molecule has 168 valence electrons. The number of amides is 1. The normalized spacial score (nSPS) is 15.8. The summed E-state index contributed by atoms with van der Waals surface area (Å²) < 4.78 is 15.8. The van der Waals surface area contributed by atoms with Crippen molar-refractivity contribution in [1.82, 2.24) is 5.32 Å². The first-order valence-corrected chi connectivity index (χ1v) is 10.1. The van der Waals surface area contributed by atoms with Gasteiger partial charge in [-0.2, -0.15) is 0 Å². The van der Waals surface area contributed by atoms with Crippen LogP contribution in [0.1, 0.15) is 47.5 Å². The highest BCUT2D eigenvalue weighted by atomic mass is 16.7. The minimum atomic E-state index is -1.47. The molecule has 0 saturated heterocycles. The molecule has 0 spiro atoms. The summed E-state index contributed by atoms with van der Waals surface area (Å²) in [6.07, 6.45) is -1.07. The van der Waals surface area contributed by atoms with Gasteiger partial charge in [0.25, 0.3) is 0 Å². The molecule has 0 fully saturated rings. The van der Waals surface area contributed by atoms with Crippen LogP contribution in [0, 0.1) is 0 Å². The SMILES string of the molecule is CC(=O)CCC(=O)N[C@H]1Cc2cccc(C(O)OCOC(=O)c3ccccc3)c2OB1O. The molecule has 2 aromatic carbocycles. The van der Waals surface area contributed by atoms with Gasteiger partial charge in [0, 0.05) is 18.4 Å². The molecule has 9 nitrogen and oxygen atoms in total. The second kappa shape index (κ2) is 10.9. The first-order chi connectivity index (χ1) is 15.3. The summed E-state index contributed by atoms with van der Waals surface area (Å²) in [6, 6.07) is 13.3. The molecule has 3 N–H and O–H groups in total. The van der Waals surface area contributed by atoms with Gasteiger partial charge >= 0.3 is 13.1 Å². The Morgan fingerprint density at radius 3 is 2.62 bits per heavy atom. The first kappa shape index (κ1) is 23.5. The van der Waals surface area contributed by atoms with Crippen molar-refractivity contribution in [2.75, 3.05) is 6.79 Å². The second-order valence-electron chi connectivity index (χ2n) is 7.36. The van der Waals surface area contributed by atoms with Crippen molar-refractivity contribution >= 4 is 24.8 Å². The van der Waals surface area contributed by atoms with E-state index in [0.29, 0.717) is 11.1 Å². The number of benzene rings is 2. The number of Topliss-reactive ketones (excluding diaryl/α,β-unsaturated/α-hetero) is 1. The summed E-state index contributed by atoms with van der Waals surface area (Å²) in [5, 5.41) is 23.4. The molecule has 2 atom stereocenters. The van der Waals surface area contributed by atoms with E-state index in [1.54, 1.807) is 48.5 Å². The zero-order chi connectivity index (χ0) is 23.1.